The number of hydrogen-bond donors (Lipinski definition) is 0. The first-order valence-electron chi connectivity index (χ1n) is 4.03. The Labute approximate surface area is 82.0 Å². The van der Waals surface area contributed by atoms with Crippen molar-refractivity contribution in [3.63, 3.8) is 0 Å². The number of nitrogens with zero attached hydrogens (tertiary/aromatic N) is 2. The lowest BCUT2D eigenvalue weighted by Crippen LogP contribution is -1.89. The Morgan fingerprint density at radius 3 is 1.64 bits per heavy atom. The molecule has 2 aromatic rings. The zero-order valence-electron chi connectivity index (χ0n) is 7.36. The Hall–Kier alpha value is -2.32. The predicted octanol–water partition coefficient (Wildman–Crippen LogP) is 1.59. The van der Waals surface area contributed by atoms with Gasteiger partial charge in [-0.2, -0.15) is 0 Å². The molecule has 0 amide bonds. The van der Waals surface area contributed by atoms with Gasteiger partial charge in [-0.15, -0.1) is 12.8 Å². The standard InChI is InChI=1S/C12H6N2/c1-3-9-5-6-10(4-2)12-11(9)13-7-8-14-12/h1-2,5-8H. The van der Waals surface area contributed by atoms with E-state index in [1.54, 1.807) is 24.5 Å². The minimum Gasteiger partial charge on any atom is -0.252 e. The smallest absolute Gasteiger partial charge is 0.106 e. The highest BCUT2D eigenvalue weighted by Crippen LogP contribution is 2.16. The molecule has 1 heterocycles. The third-order valence-electron chi connectivity index (χ3n) is 1.94. The molecule has 0 fully saturated rings. The van der Waals surface area contributed by atoms with Crippen LogP contribution in [0.2, 0.25) is 0 Å². The summed E-state index contributed by atoms with van der Waals surface area (Å²) in [6.45, 7) is 0. The SMILES string of the molecule is C#Cc1ccc(C#C)c2nccnc12. The summed E-state index contributed by atoms with van der Waals surface area (Å²) in [7, 11) is 0. The number of benzene rings is 1. The van der Waals surface area contributed by atoms with Crippen molar-refractivity contribution in [2.75, 3.05) is 0 Å². The Balaban J connectivity index is 2.96. The summed E-state index contributed by atoms with van der Waals surface area (Å²) in [5.74, 6) is 5.10. The maximum atomic E-state index is 5.34. The van der Waals surface area contributed by atoms with Crippen molar-refractivity contribution >= 4 is 11.0 Å². The minimum absolute atomic E-state index is 0.686. The van der Waals surface area contributed by atoms with Crippen LogP contribution in [-0.4, -0.2) is 9.97 Å². The van der Waals surface area contributed by atoms with Crippen molar-refractivity contribution < 1.29 is 0 Å². The number of hydrogen-bond acceptors (Lipinski definition) is 2. The summed E-state index contributed by atoms with van der Waals surface area (Å²) in [5, 5.41) is 0. The molecule has 1 aromatic carbocycles. The maximum absolute atomic E-state index is 5.34. The molecule has 0 bridgehead atoms. The van der Waals surface area contributed by atoms with Crippen molar-refractivity contribution in [3.8, 4) is 24.7 Å². The Bertz CT molecular complexity index is 518. The minimum atomic E-state index is 0.686. The monoisotopic (exact) mass is 178 g/mol. The van der Waals surface area contributed by atoms with Gasteiger partial charge in [0, 0.05) is 12.4 Å². The van der Waals surface area contributed by atoms with Gasteiger partial charge in [-0.1, -0.05) is 11.8 Å². The summed E-state index contributed by atoms with van der Waals surface area (Å²) in [6, 6.07) is 3.57. The van der Waals surface area contributed by atoms with Crippen molar-refractivity contribution in [3.05, 3.63) is 35.7 Å². The largest absolute Gasteiger partial charge is 0.252 e. The molecule has 0 aliphatic carbocycles. The highest BCUT2D eigenvalue weighted by Gasteiger charge is 2.04. The van der Waals surface area contributed by atoms with Crippen molar-refractivity contribution in [1.29, 1.82) is 0 Å². The first-order valence-corrected chi connectivity index (χ1v) is 4.03. The molecule has 2 rings (SSSR count). The summed E-state index contributed by atoms with van der Waals surface area (Å²) in [4.78, 5) is 8.32. The van der Waals surface area contributed by atoms with E-state index in [4.69, 9.17) is 12.8 Å². The van der Waals surface area contributed by atoms with Gasteiger partial charge in [-0.05, 0) is 12.1 Å². The zero-order valence-corrected chi connectivity index (χ0v) is 7.36. The van der Waals surface area contributed by atoms with Gasteiger partial charge >= 0.3 is 0 Å². The van der Waals surface area contributed by atoms with Gasteiger partial charge < -0.3 is 0 Å². The predicted molar refractivity (Wildman–Crippen MR) is 55.4 cm³/mol. The Morgan fingerprint density at radius 2 is 1.29 bits per heavy atom. The van der Waals surface area contributed by atoms with Gasteiger partial charge in [0.25, 0.3) is 0 Å². The van der Waals surface area contributed by atoms with Gasteiger partial charge in [0.15, 0.2) is 0 Å². The molecule has 0 aliphatic rings. The molecule has 0 unspecified atom stereocenters. The van der Waals surface area contributed by atoms with Crippen LogP contribution < -0.4 is 0 Å². The fourth-order valence-corrected chi connectivity index (χ4v) is 1.29. The van der Waals surface area contributed by atoms with Crippen molar-refractivity contribution in [1.82, 2.24) is 9.97 Å². The van der Waals surface area contributed by atoms with Crippen molar-refractivity contribution in [2.45, 2.75) is 0 Å². The molecule has 0 saturated carbocycles. The van der Waals surface area contributed by atoms with Gasteiger partial charge in [0.2, 0.25) is 0 Å². The zero-order chi connectivity index (χ0) is 9.97. The van der Waals surface area contributed by atoms with E-state index in [0.29, 0.717) is 22.2 Å². The van der Waals surface area contributed by atoms with Crippen LogP contribution in [0.25, 0.3) is 11.0 Å². The number of fused-ring (bicyclic) bond motifs is 1. The number of terminal acetylenes is 2. The average Bonchev–Trinajstić information content (AvgIpc) is 2.27. The van der Waals surface area contributed by atoms with Crippen LogP contribution in [0.1, 0.15) is 11.1 Å². The quantitative estimate of drug-likeness (QED) is 0.572. The summed E-state index contributed by atoms with van der Waals surface area (Å²) < 4.78 is 0. The van der Waals surface area contributed by atoms with E-state index in [9.17, 15) is 0 Å². The average molecular weight is 178 g/mol. The second-order valence-electron chi connectivity index (χ2n) is 2.70. The summed E-state index contributed by atoms with van der Waals surface area (Å²) in [6.07, 6.45) is 13.9. The third kappa shape index (κ3) is 1.11. The molecule has 0 spiro atoms. The highest BCUT2D eigenvalue weighted by molar-refractivity contribution is 5.85. The van der Waals surface area contributed by atoms with E-state index in [-0.39, 0.29) is 0 Å². The molecule has 0 saturated heterocycles. The maximum Gasteiger partial charge on any atom is 0.106 e. The Morgan fingerprint density at radius 1 is 0.857 bits per heavy atom. The van der Waals surface area contributed by atoms with E-state index in [2.05, 4.69) is 21.8 Å². The van der Waals surface area contributed by atoms with Gasteiger partial charge in [0.05, 0.1) is 11.1 Å². The molecular formula is C12H6N2. The molecule has 14 heavy (non-hydrogen) atoms. The number of aromatic nitrogens is 2. The first kappa shape index (κ1) is 8.29. The summed E-state index contributed by atoms with van der Waals surface area (Å²) in [5.41, 5.74) is 2.80. The van der Waals surface area contributed by atoms with E-state index >= 15 is 0 Å². The van der Waals surface area contributed by atoms with E-state index in [0.717, 1.165) is 0 Å². The molecule has 1 aromatic heterocycles. The third-order valence-corrected chi connectivity index (χ3v) is 1.94. The number of rotatable bonds is 0. The fraction of sp³-hybridized carbons (Fsp3) is 0. The molecule has 0 radical (unpaired) electrons. The van der Waals surface area contributed by atoms with E-state index in [1.165, 1.54) is 0 Å². The molecule has 0 aliphatic heterocycles. The van der Waals surface area contributed by atoms with Gasteiger partial charge in [0.1, 0.15) is 11.0 Å². The van der Waals surface area contributed by atoms with E-state index in [1.807, 2.05) is 0 Å². The van der Waals surface area contributed by atoms with Crippen molar-refractivity contribution in [2.24, 2.45) is 0 Å². The van der Waals surface area contributed by atoms with Crippen LogP contribution in [0, 0.1) is 24.7 Å². The molecular weight excluding hydrogens is 172 g/mol. The van der Waals surface area contributed by atoms with Crippen LogP contribution in [0.3, 0.4) is 0 Å². The fourth-order valence-electron chi connectivity index (χ4n) is 1.29. The summed E-state index contributed by atoms with van der Waals surface area (Å²) >= 11 is 0. The highest BCUT2D eigenvalue weighted by atomic mass is 14.8. The van der Waals surface area contributed by atoms with Gasteiger partial charge in [-0.25, -0.2) is 0 Å². The first-order chi connectivity index (χ1) is 6.86. The van der Waals surface area contributed by atoms with Crippen LogP contribution in [0.15, 0.2) is 24.5 Å². The molecule has 0 N–H and O–H groups in total. The Kier molecular flexibility index (Phi) is 1.89. The second-order valence-corrected chi connectivity index (χ2v) is 2.70. The lowest BCUT2D eigenvalue weighted by atomic mass is 10.1. The molecule has 0 atom stereocenters. The lowest BCUT2D eigenvalue weighted by Gasteiger charge is -2.00. The second kappa shape index (κ2) is 3.20. The van der Waals surface area contributed by atoms with Crippen LogP contribution in [-0.2, 0) is 0 Å². The molecule has 2 nitrogen and oxygen atoms in total. The van der Waals surface area contributed by atoms with Gasteiger partial charge in [-0.3, -0.25) is 9.97 Å². The van der Waals surface area contributed by atoms with Crippen LogP contribution in [0.4, 0.5) is 0 Å². The van der Waals surface area contributed by atoms with Crippen LogP contribution in [0.5, 0.6) is 0 Å². The normalized spacial score (nSPS) is 9.29. The topological polar surface area (TPSA) is 25.8 Å². The molecule has 2 heteroatoms. The van der Waals surface area contributed by atoms with E-state index < -0.39 is 0 Å². The van der Waals surface area contributed by atoms with Crippen LogP contribution >= 0.6 is 0 Å². The molecule has 64 valence electrons. The lowest BCUT2D eigenvalue weighted by molar-refractivity contribution is 1.28.